The van der Waals surface area contributed by atoms with Crippen molar-refractivity contribution in [2.24, 2.45) is 5.92 Å². The molecule has 0 unspecified atom stereocenters. The highest BCUT2D eigenvalue weighted by molar-refractivity contribution is 7.09. The lowest BCUT2D eigenvalue weighted by Gasteiger charge is -2.31. The van der Waals surface area contributed by atoms with Gasteiger partial charge in [-0.05, 0) is 31.9 Å². The van der Waals surface area contributed by atoms with Gasteiger partial charge in [0.2, 0.25) is 5.91 Å². The summed E-state index contributed by atoms with van der Waals surface area (Å²) in [4.78, 5) is 32.1. The minimum atomic E-state index is -0.0601. The number of hydrogen-bond donors (Lipinski definition) is 1. The largest absolute Gasteiger partial charge is 0.355 e. The fourth-order valence-corrected chi connectivity index (χ4v) is 4.16. The molecule has 1 saturated heterocycles. The van der Waals surface area contributed by atoms with Gasteiger partial charge in [-0.15, -0.1) is 11.3 Å². The lowest BCUT2D eigenvalue weighted by molar-refractivity contribution is -0.126. The normalized spacial score (nSPS) is 15.1. The number of benzene rings is 1. The molecule has 26 heavy (non-hydrogen) atoms. The highest BCUT2D eigenvalue weighted by Crippen LogP contribution is 2.22. The maximum Gasteiger partial charge on any atom is 0.255 e. The molecule has 1 aliphatic heterocycles. The SMILES string of the molecule is Cc1ncsc1CCNC(=O)C1CCN(C(=O)c2ccccc2Cl)CC1. The number of hydrogen-bond acceptors (Lipinski definition) is 4. The molecule has 2 amide bonds. The van der Waals surface area contributed by atoms with E-state index in [0.29, 0.717) is 43.1 Å². The molecule has 0 radical (unpaired) electrons. The Balaban J connectivity index is 1.46. The lowest BCUT2D eigenvalue weighted by Crippen LogP contribution is -2.43. The highest BCUT2D eigenvalue weighted by Gasteiger charge is 2.28. The van der Waals surface area contributed by atoms with Gasteiger partial charge in [0.25, 0.3) is 5.91 Å². The summed E-state index contributed by atoms with van der Waals surface area (Å²) in [5.41, 5.74) is 3.39. The molecule has 0 bridgehead atoms. The van der Waals surface area contributed by atoms with E-state index in [1.54, 1.807) is 28.4 Å². The Bertz CT molecular complexity index is 785. The molecule has 7 heteroatoms. The van der Waals surface area contributed by atoms with Crippen LogP contribution in [0.3, 0.4) is 0 Å². The summed E-state index contributed by atoms with van der Waals surface area (Å²) in [6, 6.07) is 7.08. The predicted octanol–water partition coefficient (Wildman–Crippen LogP) is 3.32. The molecule has 2 aromatic rings. The van der Waals surface area contributed by atoms with Gasteiger partial charge in [0.15, 0.2) is 0 Å². The van der Waals surface area contributed by atoms with Crippen LogP contribution >= 0.6 is 22.9 Å². The second-order valence-electron chi connectivity index (χ2n) is 6.45. The van der Waals surface area contributed by atoms with E-state index in [-0.39, 0.29) is 17.7 Å². The lowest BCUT2D eigenvalue weighted by atomic mass is 9.95. The molecule has 0 spiro atoms. The Morgan fingerprint density at radius 1 is 1.31 bits per heavy atom. The van der Waals surface area contributed by atoms with Gasteiger partial charge < -0.3 is 10.2 Å². The third kappa shape index (κ3) is 4.43. The number of piperidine rings is 1. The van der Waals surface area contributed by atoms with E-state index < -0.39 is 0 Å². The Kier molecular flexibility index (Phi) is 6.27. The van der Waals surface area contributed by atoms with E-state index in [0.717, 1.165) is 12.1 Å². The Labute approximate surface area is 162 Å². The topological polar surface area (TPSA) is 62.3 Å². The molecule has 0 saturated carbocycles. The van der Waals surface area contributed by atoms with Crippen molar-refractivity contribution in [2.45, 2.75) is 26.2 Å². The number of nitrogens with zero attached hydrogens (tertiary/aromatic N) is 2. The summed E-state index contributed by atoms with van der Waals surface area (Å²) in [6.45, 7) is 3.77. The molecule has 1 fully saturated rings. The van der Waals surface area contributed by atoms with Crippen LogP contribution in [0.2, 0.25) is 5.02 Å². The van der Waals surface area contributed by atoms with E-state index >= 15 is 0 Å². The molecule has 2 heterocycles. The monoisotopic (exact) mass is 391 g/mol. The molecule has 0 atom stereocenters. The van der Waals surface area contributed by atoms with Crippen molar-refractivity contribution in [1.29, 1.82) is 0 Å². The van der Waals surface area contributed by atoms with Gasteiger partial charge >= 0.3 is 0 Å². The Morgan fingerprint density at radius 2 is 2.04 bits per heavy atom. The molecule has 1 aromatic carbocycles. The molecule has 1 aromatic heterocycles. The summed E-state index contributed by atoms with van der Waals surface area (Å²) in [5.74, 6) is -0.0139. The second kappa shape index (κ2) is 8.64. The fourth-order valence-electron chi connectivity index (χ4n) is 3.16. The first-order chi connectivity index (χ1) is 12.6. The maximum atomic E-state index is 12.6. The van der Waals surface area contributed by atoms with Gasteiger partial charge in [-0.25, -0.2) is 4.98 Å². The van der Waals surface area contributed by atoms with E-state index in [1.807, 2.05) is 24.6 Å². The van der Waals surface area contributed by atoms with Crippen molar-refractivity contribution < 1.29 is 9.59 Å². The first-order valence-electron chi connectivity index (χ1n) is 8.76. The molecule has 5 nitrogen and oxygen atoms in total. The average molecular weight is 392 g/mol. The number of nitrogens with one attached hydrogen (secondary N) is 1. The van der Waals surface area contributed by atoms with Crippen molar-refractivity contribution >= 4 is 34.8 Å². The smallest absolute Gasteiger partial charge is 0.255 e. The number of aryl methyl sites for hydroxylation is 1. The Morgan fingerprint density at radius 3 is 2.69 bits per heavy atom. The quantitative estimate of drug-likeness (QED) is 0.850. The van der Waals surface area contributed by atoms with E-state index in [1.165, 1.54) is 4.88 Å². The fraction of sp³-hybridized carbons (Fsp3) is 0.421. The second-order valence-corrected chi connectivity index (χ2v) is 7.79. The summed E-state index contributed by atoms with van der Waals surface area (Å²) in [5, 5.41) is 3.49. The minimum absolute atomic E-state index is 0.0344. The molecular weight excluding hydrogens is 370 g/mol. The maximum absolute atomic E-state index is 12.6. The van der Waals surface area contributed by atoms with Crippen LogP contribution in [-0.2, 0) is 11.2 Å². The zero-order valence-electron chi connectivity index (χ0n) is 14.7. The third-order valence-electron chi connectivity index (χ3n) is 4.75. The number of amides is 2. The van der Waals surface area contributed by atoms with Crippen molar-refractivity contribution in [3.63, 3.8) is 0 Å². The molecule has 1 aliphatic rings. The van der Waals surface area contributed by atoms with Crippen LogP contribution in [0.5, 0.6) is 0 Å². The number of carbonyl (C=O) groups is 2. The van der Waals surface area contributed by atoms with Gasteiger partial charge in [-0.2, -0.15) is 0 Å². The van der Waals surface area contributed by atoms with Gasteiger partial charge in [0.1, 0.15) is 0 Å². The zero-order valence-corrected chi connectivity index (χ0v) is 16.3. The van der Waals surface area contributed by atoms with Crippen LogP contribution in [0, 0.1) is 12.8 Å². The van der Waals surface area contributed by atoms with E-state index in [9.17, 15) is 9.59 Å². The van der Waals surface area contributed by atoms with Crippen LogP contribution in [0.4, 0.5) is 0 Å². The third-order valence-corrected chi connectivity index (χ3v) is 6.08. The highest BCUT2D eigenvalue weighted by atomic mass is 35.5. The number of rotatable bonds is 5. The van der Waals surface area contributed by atoms with Crippen molar-refractivity contribution in [2.75, 3.05) is 19.6 Å². The van der Waals surface area contributed by atoms with Crippen molar-refractivity contribution in [3.05, 3.63) is 50.9 Å². The number of halogens is 1. The number of likely N-dealkylation sites (tertiary alicyclic amines) is 1. The molecule has 0 aliphatic carbocycles. The van der Waals surface area contributed by atoms with E-state index in [2.05, 4.69) is 10.3 Å². The molecule has 1 N–H and O–H groups in total. The zero-order chi connectivity index (χ0) is 18.5. The standard InChI is InChI=1S/C19H22ClN3O2S/c1-13-17(26-12-22-13)6-9-21-18(24)14-7-10-23(11-8-14)19(25)15-4-2-3-5-16(15)20/h2-5,12,14H,6-11H2,1H3,(H,21,24). The number of carbonyl (C=O) groups excluding carboxylic acids is 2. The van der Waals surface area contributed by atoms with Crippen LogP contribution < -0.4 is 5.32 Å². The first kappa shape index (κ1) is 18.9. The molecular formula is C19H22ClN3O2S. The average Bonchev–Trinajstić information content (AvgIpc) is 3.06. The predicted molar refractivity (Wildman–Crippen MR) is 104 cm³/mol. The van der Waals surface area contributed by atoms with Crippen molar-refractivity contribution in [1.82, 2.24) is 15.2 Å². The van der Waals surface area contributed by atoms with Crippen LogP contribution in [0.1, 0.15) is 33.8 Å². The first-order valence-corrected chi connectivity index (χ1v) is 10.0. The van der Waals surface area contributed by atoms with Crippen molar-refractivity contribution in [3.8, 4) is 0 Å². The summed E-state index contributed by atoms with van der Waals surface area (Å²) < 4.78 is 0. The minimum Gasteiger partial charge on any atom is -0.355 e. The summed E-state index contributed by atoms with van der Waals surface area (Å²) >= 11 is 7.73. The molecule has 138 valence electrons. The summed E-state index contributed by atoms with van der Waals surface area (Å²) in [6.07, 6.45) is 2.18. The van der Waals surface area contributed by atoms with Crippen LogP contribution in [-0.4, -0.2) is 41.3 Å². The van der Waals surface area contributed by atoms with E-state index in [4.69, 9.17) is 11.6 Å². The Hall–Kier alpha value is -1.92. The van der Waals surface area contributed by atoms with Gasteiger partial charge in [-0.1, -0.05) is 23.7 Å². The van der Waals surface area contributed by atoms with Crippen LogP contribution in [0.25, 0.3) is 0 Å². The van der Waals surface area contributed by atoms with Gasteiger partial charge in [0.05, 0.1) is 21.8 Å². The molecule has 3 rings (SSSR count). The van der Waals surface area contributed by atoms with Crippen LogP contribution in [0.15, 0.2) is 29.8 Å². The van der Waals surface area contributed by atoms with Gasteiger partial charge in [-0.3, -0.25) is 9.59 Å². The summed E-state index contributed by atoms with van der Waals surface area (Å²) in [7, 11) is 0. The van der Waals surface area contributed by atoms with Gasteiger partial charge in [0, 0.05) is 36.9 Å². The number of thiazole rings is 1. The number of aromatic nitrogens is 1.